The number of carbonyl (C=O) groups excluding carboxylic acids is 2. The standard InChI is InChI=1S/C24H25N3O5S/c1-16-13-23(25-32-16)26(3)24(29)19-5-4-6-21(14-19)27(17(2)28)20-9-11-22(12-10-20)33(30,31)15-18-7-8-18/h4-6,9-14,18H,7-8,15H2,1-3H3. The second-order valence-corrected chi connectivity index (χ2v) is 10.3. The lowest BCUT2D eigenvalue weighted by Gasteiger charge is -2.23. The highest BCUT2D eigenvalue weighted by Crippen LogP contribution is 2.33. The first kappa shape index (κ1) is 22.7. The molecule has 0 bridgehead atoms. The molecule has 0 saturated heterocycles. The number of hydrogen-bond acceptors (Lipinski definition) is 6. The van der Waals surface area contributed by atoms with Crippen LogP contribution >= 0.6 is 0 Å². The first-order chi connectivity index (χ1) is 15.7. The van der Waals surface area contributed by atoms with Crippen LogP contribution < -0.4 is 9.80 Å². The van der Waals surface area contributed by atoms with Gasteiger partial charge in [-0.3, -0.25) is 19.4 Å². The first-order valence-corrected chi connectivity index (χ1v) is 12.3. The van der Waals surface area contributed by atoms with Gasteiger partial charge in [0, 0.05) is 37.0 Å². The zero-order chi connectivity index (χ0) is 23.8. The molecule has 1 aliphatic rings. The van der Waals surface area contributed by atoms with Gasteiger partial charge in [0.2, 0.25) is 5.91 Å². The smallest absolute Gasteiger partial charge is 0.259 e. The van der Waals surface area contributed by atoms with E-state index in [1.807, 2.05) is 0 Å². The highest BCUT2D eigenvalue weighted by Gasteiger charge is 2.29. The minimum absolute atomic E-state index is 0.158. The maximum Gasteiger partial charge on any atom is 0.259 e. The van der Waals surface area contributed by atoms with Crippen LogP contribution in [-0.4, -0.2) is 38.2 Å². The Morgan fingerprint density at radius 3 is 2.33 bits per heavy atom. The second-order valence-electron chi connectivity index (χ2n) is 8.28. The summed E-state index contributed by atoms with van der Waals surface area (Å²) in [4.78, 5) is 28.5. The number of anilines is 3. The van der Waals surface area contributed by atoms with Crippen LogP contribution in [0.5, 0.6) is 0 Å². The van der Waals surface area contributed by atoms with E-state index in [4.69, 9.17) is 4.52 Å². The van der Waals surface area contributed by atoms with Gasteiger partial charge in [0.15, 0.2) is 15.7 Å². The van der Waals surface area contributed by atoms with Crippen molar-refractivity contribution in [2.24, 2.45) is 5.92 Å². The summed E-state index contributed by atoms with van der Waals surface area (Å²) in [6, 6.07) is 14.6. The first-order valence-electron chi connectivity index (χ1n) is 10.6. The van der Waals surface area contributed by atoms with Crippen molar-refractivity contribution in [1.29, 1.82) is 0 Å². The molecule has 0 aliphatic heterocycles. The van der Waals surface area contributed by atoms with Crippen molar-refractivity contribution in [3.63, 3.8) is 0 Å². The fraction of sp³-hybridized carbons (Fsp3) is 0.292. The van der Waals surface area contributed by atoms with E-state index in [0.717, 1.165) is 12.8 Å². The number of sulfone groups is 1. The predicted octanol–water partition coefficient (Wildman–Crippen LogP) is 4.13. The van der Waals surface area contributed by atoms with Crippen molar-refractivity contribution >= 4 is 38.8 Å². The Kier molecular flexibility index (Phi) is 6.07. The Hall–Kier alpha value is -3.46. The molecule has 0 unspecified atom stereocenters. The van der Waals surface area contributed by atoms with Gasteiger partial charge in [-0.15, -0.1) is 0 Å². The molecule has 0 spiro atoms. The molecule has 9 heteroatoms. The van der Waals surface area contributed by atoms with E-state index in [9.17, 15) is 18.0 Å². The summed E-state index contributed by atoms with van der Waals surface area (Å²) in [7, 11) is -1.75. The lowest BCUT2D eigenvalue weighted by atomic mass is 10.1. The average Bonchev–Trinajstić information content (AvgIpc) is 3.48. The molecule has 2 aromatic carbocycles. The predicted molar refractivity (Wildman–Crippen MR) is 124 cm³/mol. The van der Waals surface area contributed by atoms with Crippen molar-refractivity contribution in [3.05, 3.63) is 65.9 Å². The van der Waals surface area contributed by atoms with Crippen molar-refractivity contribution in [2.75, 3.05) is 22.6 Å². The Labute approximate surface area is 192 Å². The lowest BCUT2D eigenvalue weighted by Crippen LogP contribution is -2.27. The molecule has 0 atom stereocenters. The van der Waals surface area contributed by atoms with Crippen LogP contribution in [0.15, 0.2) is 64.0 Å². The lowest BCUT2D eigenvalue weighted by molar-refractivity contribution is -0.115. The van der Waals surface area contributed by atoms with Gasteiger partial charge in [-0.1, -0.05) is 11.2 Å². The molecule has 2 amide bonds. The summed E-state index contributed by atoms with van der Waals surface area (Å²) in [5.41, 5.74) is 1.37. The maximum absolute atomic E-state index is 13.0. The molecule has 1 heterocycles. The van der Waals surface area contributed by atoms with Gasteiger partial charge in [-0.2, -0.15) is 0 Å². The number of nitrogens with zero attached hydrogens (tertiary/aromatic N) is 3. The molecular formula is C24H25N3O5S. The van der Waals surface area contributed by atoms with Gasteiger partial charge >= 0.3 is 0 Å². The Balaban J connectivity index is 1.61. The monoisotopic (exact) mass is 467 g/mol. The van der Waals surface area contributed by atoms with Crippen LogP contribution in [-0.2, 0) is 14.6 Å². The third-order valence-corrected chi connectivity index (χ3v) is 7.44. The normalized spacial score (nSPS) is 13.5. The highest BCUT2D eigenvalue weighted by molar-refractivity contribution is 7.91. The zero-order valence-corrected chi connectivity index (χ0v) is 19.5. The van der Waals surface area contributed by atoms with Gasteiger partial charge in [0.05, 0.1) is 10.6 Å². The van der Waals surface area contributed by atoms with Crippen LogP contribution in [0.3, 0.4) is 0 Å². The molecule has 33 heavy (non-hydrogen) atoms. The summed E-state index contributed by atoms with van der Waals surface area (Å²) in [6.07, 6.45) is 1.91. The molecule has 0 radical (unpaired) electrons. The van der Waals surface area contributed by atoms with E-state index >= 15 is 0 Å². The number of benzene rings is 2. The number of hydrogen-bond donors (Lipinski definition) is 0. The van der Waals surface area contributed by atoms with Crippen molar-refractivity contribution in [2.45, 2.75) is 31.6 Å². The minimum atomic E-state index is -3.34. The fourth-order valence-corrected chi connectivity index (χ4v) is 5.29. The third kappa shape index (κ3) is 4.98. The molecule has 8 nitrogen and oxygen atoms in total. The topological polar surface area (TPSA) is 101 Å². The van der Waals surface area contributed by atoms with E-state index < -0.39 is 9.84 Å². The van der Waals surface area contributed by atoms with E-state index in [0.29, 0.717) is 28.5 Å². The van der Waals surface area contributed by atoms with Gasteiger partial charge in [0.1, 0.15) is 5.76 Å². The Morgan fingerprint density at radius 1 is 1.06 bits per heavy atom. The molecular weight excluding hydrogens is 442 g/mol. The van der Waals surface area contributed by atoms with Gasteiger partial charge < -0.3 is 4.52 Å². The highest BCUT2D eigenvalue weighted by atomic mass is 32.2. The summed E-state index contributed by atoms with van der Waals surface area (Å²) in [6.45, 7) is 3.15. The molecule has 1 aromatic heterocycles. The largest absolute Gasteiger partial charge is 0.360 e. The summed E-state index contributed by atoms with van der Waals surface area (Å²) in [5.74, 6) is 0.802. The molecule has 0 N–H and O–H groups in total. The van der Waals surface area contributed by atoms with Gasteiger partial charge in [-0.25, -0.2) is 8.42 Å². The molecule has 3 aromatic rings. The van der Waals surface area contributed by atoms with Crippen LogP contribution in [0.4, 0.5) is 17.2 Å². The summed E-state index contributed by atoms with van der Waals surface area (Å²) in [5, 5.41) is 3.86. The van der Waals surface area contributed by atoms with Crippen LogP contribution in [0, 0.1) is 12.8 Å². The number of aryl methyl sites for hydroxylation is 1. The molecule has 1 saturated carbocycles. The van der Waals surface area contributed by atoms with Crippen LogP contribution in [0.25, 0.3) is 0 Å². The van der Waals surface area contributed by atoms with E-state index in [-0.39, 0.29) is 28.4 Å². The molecule has 1 aliphatic carbocycles. The van der Waals surface area contributed by atoms with Crippen molar-refractivity contribution in [3.8, 4) is 0 Å². The van der Waals surface area contributed by atoms with Gasteiger partial charge in [-0.05, 0) is 68.1 Å². The second kappa shape index (κ2) is 8.82. The molecule has 1 fully saturated rings. The molecule has 4 rings (SSSR count). The van der Waals surface area contributed by atoms with Crippen LogP contribution in [0.2, 0.25) is 0 Å². The Morgan fingerprint density at radius 2 is 1.76 bits per heavy atom. The number of carbonyl (C=O) groups is 2. The maximum atomic E-state index is 13.0. The quantitative estimate of drug-likeness (QED) is 0.518. The Bertz CT molecular complexity index is 1290. The zero-order valence-electron chi connectivity index (χ0n) is 18.7. The van der Waals surface area contributed by atoms with E-state index in [1.54, 1.807) is 56.4 Å². The van der Waals surface area contributed by atoms with Crippen molar-refractivity contribution in [1.82, 2.24) is 5.16 Å². The fourth-order valence-electron chi connectivity index (χ4n) is 3.59. The van der Waals surface area contributed by atoms with Gasteiger partial charge in [0.25, 0.3) is 5.91 Å². The number of rotatable bonds is 7. The van der Waals surface area contributed by atoms with Crippen LogP contribution in [0.1, 0.15) is 35.9 Å². The van der Waals surface area contributed by atoms with E-state index in [1.165, 1.54) is 28.9 Å². The SMILES string of the molecule is CC(=O)N(c1ccc(S(=O)(=O)CC2CC2)cc1)c1cccc(C(=O)N(C)c2cc(C)on2)c1. The minimum Gasteiger partial charge on any atom is -0.360 e. The third-order valence-electron chi connectivity index (χ3n) is 5.54. The number of amides is 2. The van der Waals surface area contributed by atoms with E-state index in [2.05, 4.69) is 5.16 Å². The van der Waals surface area contributed by atoms with Crippen molar-refractivity contribution < 1.29 is 22.5 Å². The number of aromatic nitrogens is 1. The summed E-state index contributed by atoms with van der Waals surface area (Å²) >= 11 is 0. The summed E-state index contributed by atoms with van der Waals surface area (Å²) < 4.78 is 30.1. The average molecular weight is 468 g/mol. The molecule has 172 valence electrons.